The Morgan fingerprint density at radius 2 is 2.06 bits per heavy atom. The average molecular weight is 260 g/mol. The van der Waals surface area contributed by atoms with Crippen molar-refractivity contribution in [2.24, 2.45) is 10.9 Å². The van der Waals surface area contributed by atoms with Gasteiger partial charge in [-0.1, -0.05) is 48.5 Å². The minimum absolute atomic E-state index is 0.553. The van der Waals surface area contributed by atoms with E-state index in [-0.39, 0.29) is 0 Å². The molecule has 1 aliphatic carbocycles. The Bertz CT molecular complexity index is 412. The molecule has 0 spiro atoms. The molecule has 2 nitrogen and oxygen atoms in total. The second kappa shape index (κ2) is 5.79. The molecule has 3 rings (SSSR count). The summed E-state index contributed by atoms with van der Waals surface area (Å²) in [5.74, 6) is 2.02. The van der Waals surface area contributed by atoms with Crippen LogP contribution in [0.5, 0.6) is 0 Å². The Morgan fingerprint density at radius 1 is 1.22 bits per heavy atom. The van der Waals surface area contributed by atoms with Crippen LogP contribution in [0.15, 0.2) is 35.3 Å². The van der Waals surface area contributed by atoms with E-state index in [9.17, 15) is 0 Å². The number of benzene rings is 1. The molecule has 0 aromatic heterocycles. The van der Waals surface area contributed by atoms with Crippen LogP contribution >= 0.6 is 11.8 Å². The fraction of sp³-hybridized carbons (Fsp3) is 0.533. The fourth-order valence-electron chi connectivity index (χ4n) is 2.42. The van der Waals surface area contributed by atoms with Crippen LogP contribution in [0.2, 0.25) is 0 Å². The second-order valence-corrected chi connectivity index (χ2v) is 6.29. The number of aliphatic imine (C=N–C) groups is 1. The van der Waals surface area contributed by atoms with Gasteiger partial charge in [0, 0.05) is 18.3 Å². The normalized spacial score (nSPS) is 26.0. The van der Waals surface area contributed by atoms with Crippen molar-refractivity contribution in [1.29, 1.82) is 0 Å². The van der Waals surface area contributed by atoms with Crippen LogP contribution in [0, 0.1) is 5.92 Å². The van der Waals surface area contributed by atoms with Gasteiger partial charge in [-0.25, -0.2) is 0 Å². The van der Waals surface area contributed by atoms with Crippen molar-refractivity contribution in [3.8, 4) is 0 Å². The molecule has 0 bridgehead atoms. The molecule has 1 N–H and O–H groups in total. The molecule has 1 aliphatic heterocycles. The molecule has 1 heterocycles. The zero-order valence-corrected chi connectivity index (χ0v) is 11.5. The maximum Gasteiger partial charge on any atom is 0.156 e. The molecule has 96 valence electrons. The average Bonchev–Trinajstić information content (AvgIpc) is 2.76. The van der Waals surface area contributed by atoms with Gasteiger partial charge in [0.05, 0.1) is 0 Å². The minimum Gasteiger partial charge on any atom is -0.361 e. The van der Waals surface area contributed by atoms with Gasteiger partial charge in [-0.15, -0.1) is 0 Å². The van der Waals surface area contributed by atoms with E-state index in [1.54, 1.807) is 0 Å². The third-order valence-corrected chi connectivity index (χ3v) is 4.88. The van der Waals surface area contributed by atoms with E-state index < -0.39 is 0 Å². The summed E-state index contributed by atoms with van der Waals surface area (Å²) >= 11 is 1.89. The third kappa shape index (κ3) is 3.08. The molecular formula is C15H20N2S. The molecule has 1 saturated carbocycles. The van der Waals surface area contributed by atoms with E-state index >= 15 is 0 Å². The summed E-state index contributed by atoms with van der Waals surface area (Å²) in [6, 6.07) is 11.3. The maximum absolute atomic E-state index is 4.71. The first kappa shape index (κ1) is 12.1. The van der Waals surface area contributed by atoms with Crippen LogP contribution < -0.4 is 5.32 Å². The zero-order chi connectivity index (χ0) is 12.2. The summed E-state index contributed by atoms with van der Waals surface area (Å²) in [7, 11) is 0. The summed E-state index contributed by atoms with van der Waals surface area (Å²) in [5, 5.41) is 4.73. The summed E-state index contributed by atoms with van der Waals surface area (Å²) in [6.45, 7) is 1.04. The van der Waals surface area contributed by atoms with E-state index in [0.29, 0.717) is 6.04 Å². The highest BCUT2D eigenvalue weighted by Crippen LogP contribution is 2.27. The first-order valence-electron chi connectivity index (χ1n) is 6.88. The lowest BCUT2D eigenvalue weighted by molar-refractivity contribution is 0.326. The smallest absolute Gasteiger partial charge is 0.156 e. The Labute approximate surface area is 113 Å². The van der Waals surface area contributed by atoms with Crippen molar-refractivity contribution < 1.29 is 0 Å². The summed E-state index contributed by atoms with van der Waals surface area (Å²) in [6.07, 6.45) is 5.28. The van der Waals surface area contributed by atoms with E-state index in [4.69, 9.17) is 4.99 Å². The first-order valence-corrected chi connectivity index (χ1v) is 7.86. The van der Waals surface area contributed by atoms with Gasteiger partial charge in [0.1, 0.15) is 0 Å². The molecule has 0 amide bonds. The van der Waals surface area contributed by atoms with E-state index in [2.05, 4.69) is 35.6 Å². The van der Waals surface area contributed by atoms with Crippen molar-refractivity contribution in [3.63, 3.8) is 0 Å². The second-order valence-electron chi connectivity index (χ2n) is 5.28. The summed E-state index contributed by atoms with van der Waals surface area (Å²) in [4.78, 5) is 4.71. The Kier molecular flexibility index (Phi) is 3.89. The van der Waals surface area contributed by atoms with Gasteiger partial charge in [0.15, 0.2) is 5.17 Å². The van der Waals surface area contributed by atoms with Crippen molar-refractivity contribution in [2.45, 2.75) is 31.7 Å². The molecule has 1 atom stereocenters. The number of thioether (sulfide) groups is 1. The van der Waals surface area contributed by atoms with Crippen molar-refractivity contribution in [1.82, 2.24) is 5.32 Å². The Hall–Kier alpha value is -0.960. The van der Waals surface area contributed by atoms with E-state index in [1.807, 2.05) is 11.8 Å². The largest absolute Gasteiger partial charge is 0.361 e. The lowest BCUT2D eigenvalue weighted by Crippen LogP contribution is -2.29. The standard InChI is InChI=1S/C15H20N2S/c1-2-5-12(6-3-1)9-14-11-18-15(17-14)16-10-13-7-4-8-13/h1-3,5-6,13-14H,4,7-11H2,(H,16,17). The van der Waals surface area contributed by atoms with Crippen LogP contribution in [0.25, 0.3) is 0 Å². The predicted octanol–water partition coefficient (Wildman–Crippen LogP) is 3.09. The van der Waals surface area contributed by atoms with Crippen LogP contribution in [0.1, 0.15) is 24.8 Å². The molecule has 2 aliphatic rings. The molecular weight excluding hydrogens is 240 g/mol. The van der Waals surface area contributed by atoms with Crippen LogP contribution in [-0.4, -0.2) is 23.5 Å². The topological polar surface area (TPSA) is 24.4 Å². The fourth-order valence-corrected chi connectivity index (χ4v) is 3.40. The molecule has 1 aromatic rings. The quantitative estimate of drug-likeness (QED) is 0.899. The summed E-state index contributed by atoms with van der Waals surface area (Å²) in [5.41, 5.74) is 1.41. The Morgan fingerprint density at radius 3 is 2.78 bits per heavy atom. The number of hydrogen-bond donors (Lipinski definition) is 1. The monoisotopic (exact) mass is 260 g/mol. The molecule has 18 heavy (non-hydrogen) atoms. The minimum atomic E-state index is 0.553. The Balaban J connectivity index is 1.49. The van der Waals surface area contributed by atoms with Crippen molar-refractivity contribution in [2.75, 3.05) is 12.3 Å². The highest BCUT2D eigenvalue weighted by Gasteiger charge is 2.22. The lowest BCUT2D eigenvalue weighted by Gasteiger charge is -2.23. The lowest BCUT2D eigenvalue weighted by atomic mass is 9.86. The van der Waals surface area contributed by atoms with Crippen LogP contribution in [-0.2, 0) is 6.42 Å². The number of amidine groups is 1. The molecule has 1 unspecified atom stereocenters. The van der Waals surface area contributed by atoms with Gasteiger partial charge in [0.2, 0.25) is 0 Å². The maximum atomic E-state index is 4.71. The summed E-state index contributed by atoms with van der Waals surface area (Å²) < 4.78 is 0. The number of nitrogens with zero attached hydrogens (tertiary/aromatic N) is 1. The SMILES string of the molecule is c1ccc(CC2CSC(=NCC3CCC3)N2)cc1. The molecule has 2 fully saturated rings. The number of rotatable bonds is 4. The zero-order valence-electron chi connectivity index (χ0n) is 10.6. The van der Waals surface area contributed by atoms with Crippen LogP contribution in [0.3, 0.4) is 0 Å². The van der Waals surface area contributed by atoms with Gasteiger partial charge >= 0.3 is 0 Å². The predicted molar refractivity (Wildman–Crippen MR) is 79.2 cm³/mol. The third-order valence-electron chi connectivity index (χ3n) is 3.79. The van der Waals surface area contributed by atoms with Gasteiger partial charge in [0.25, 0.3) is 0 Å². The highest BCUT2D eigenvalue weighted by atomic mass is 32.2. The van der Waals surface area contributed by atoms with E-state index in [0.717, 1.165) is 24.6 Å². The van der Waals surface area contributed by atoms with Gasteiger partial charge < -0.3 is 5.32 Å². The van der Waals surface area contributed by atoms with Crippen molar-refractivity contribution in [3.05, 3.63) is 35.9 Å². The molecule has 1 aromatic carbocycles. The van der Waals surface area contributed by atoms with Gasteiger partial charge in [-0.05, 0) is 30.7 Å². The van der Waals surface area contributed by atoms with Gasteiger partial charge in [-0.2, -0.15) is 0 Å². The number of hydrogen-bond acceptors (Lipinski definition) is 2. The first-order chi connectivity index (χ1) is 8.90. The number of nitrogens with one attached hydrogen (secondary N) is 1. The molecule has 3 heteroatoms. The highest BCUT2D eigenvalue weighted by molar-refractivity contribution is 8.14. The van der Waals surface area contributed by atoms with E-state index in [1.165, 1.54) is 30.0 Å². The molecule has 1 saturated heterocycles. The molecule has 0 radical (unpaired) electrons. The van der Waals surface area contributed by atoms with Gasteiger partial charge in [-0.3, -0.25) is 4.99 Å². The van der Waals surface area contributed by atoms with Crippen molar-refractivity contribution >= 4 is 16.9 Å². The van der Waals surface area contributed by atoms with Crippen LogP contribution in [0.4, 0.5) is 0 Å².